The fourth-order valence-electron chi connectivity index (χ4n) is 1.86. The van der Waals surface area contributed by atoms with Crippen molar-refractivity contribution in [3.63, 3.8) is 0 Å². The van der Waals surface area contributed by atoms with Gasteiger partial charge < -0.3 is 14.5 Å². The van der Waals surface area contributed by atoms with Crippen molar-refractivity contribution < 1.29 is 14.4 Å². The minimum atomic E-state index is -0.457. The highest BCUT2D eigenvalue weighted by Crippen LogP contribution is 2.21. The number of carbonyl (C=O) groups excluding carboxylic acids is 1. The maximum atomic E-state index is 12.0. The van der Waals surface area contributed by atoms with Crippen LogP contribution in [0.2, 0.25) is 0 Å². The van der Waals surface area contributed by atoms with Crippen LogP contribution in [0.5, 0.6) is 0 Å². The molecule has 0 radical (unpaired) electrons. The van der Waals surface area contributed by atoms with E-state index in [1.807, 2.05) is 34.6 Å². The summed E-state index contributed by atoms with van der Waals surface area (Å²) in [6, 6.07) is 0.0687. The first-order valence-electron chi connectivity index (χ1n) is 6.94. The number of oxime groups is 1. The summed E-state index contributed by atoms with van der Waals surface area (Å²) in [5.74, 6) is 0.366. The summed E-state index contributed by atoms with van der Waals surface area (Å²) in [6.45, 7) is 10.9. The Balaban J connectivity index is 2.43. The molecule has 0 N–H and O–H groups in total. The van der Waals surface area contributed by atoms with Crippen LogP contribution in [0.4, 0.5) is 4.79 Å². The van der Waals surface area contributed by atoms with Gasteiger partial charge in [0.1, 0.15) is 12.2 Å². The molecular weight excluding hydrogens is 244 g/mol. The number of likely N-dealkylation sites (tertiary alicyclic amines) is 1. The molecule has 0 spiro atoms. The van der Waals surface area contributed by atoms with E-state index >= 15 is 0 Å². The Morgan fingerprint density at radius 3 is 2.74 bits per heavy atom. The summed E-state index contributed by atoms with van der Waals surface area (Å²) < 4.78 is 5.39. The average molecular weight is 270 g/mol. The fourth-order valence-corrected chi connectivity index (χ4v) is 1.86. The van der Waals surface area contributed by atoms with Crippen molar-refractivity contribution in [2.45, 2.75) is 59.1 Å². The molecule has 0 aromatic carbocycles. The zero-order valence-corrected chi connectivity index (χ0v) is 12.7. The maximum Gasteiger partial charge on any atom is 0.410 e. The van der Waals surface area contributed by atoms with Crippen LogP contribution in [0, 0.1) is 5.92 Å². The topological polar surface area (TPSA) is 51.1 Å². The van der Waals surface area contributed by atoms with E-state index in [2.05, 4.69) is 5.16 Å². The van der Waals surface area contributed by atoms with Gasteiger partial charge in [-0.3, -0.25) is 0 Å². The number of rotatable bonds is 4. The minimum absolute atomic E-state index is 0.0687. The summed E-state index contributed by atoms with van der Waals surface area (Å²) in [4.78, 5) is 19.0. The van der Waals surface area contributed by atoms with Gasteiger partial charge in [0, 0.05) is 12.8 Å². The molecule has 1 saturated heterocycles. The predicted molar refractivity (Wildman–Crippen MR) is 75.2 cm³/mol. The number of nitrogens with zero attached hydrogens (tertiary/aromatic N) is 2. The number of hydrogen-bond donors (Lipinski definition) is 0. The van der Waals surface area contributed by atoms with E-state index in [0.717, 1.165) is 19.4 Å². The highest BCUT2D eigenvalue weighted by Gasteiger charge is 2.32. The second-order valence-corrected chi connectivity index (χ2v) is 6.26. The lowest BCUT2D eigenvalue weighted by Gasteiger charge is -2.27. The van der Waals surface area contributed by atoms with Crippen molar-refractivity contribution in [1.29, 1.82) is 0 Å². The third-order valence-electron chi connectivity index (χ3n) is 2.71. The van der Waals surface area contributed by atoms with Gasteiger partial charge in [0.05, 0.1) is 6.04 Å². The Morgan fingerprint density at radius 2 is 2.16 bits per heavy atom. The van der Waals surface area contributed by atoms with E-state index in [1.165, 1.54) is 0 Å². The molecule has 0 aliphatic carbocycles. The molecule has 0 unspecified atom stereocenters. The number of ether oxygens (including phenoxy) is 1. The second kappa shape index (κ2) is 6.78. The van der Waals surface area contributed by atoms with E-state index in [9.17, 15) is 4.79 Å². The van der Waals surface area contributed by atoms with E-state index < -0.39 is 5.60 Å². The van der Waals surface area contributed by atoms with Gasteiger partial charge in [-0.1, -0.05) is 19.0 Å². The van der Waals surface area contributed by atoms with Crippen LogP contribution in [-0.4, -0.2) is 42.0 Å². The smallest absolute Gasteiger partial charge is 0.410 e. The van der Waals surface area contributed by atoms with Crippen LogP contribution in [0.15, 0.2) is 5.16 Å². The fraction of sp³-hybridized carbons (Fsp3) is 0.857. The Hall–Kier alpha value is -1.26. The van der Waals surface area contributed by atoms with Gasteiger partial charge in [-0.05, 0) is 39.5 Å². The molecule has 1 heterocycles. The van der Waals surface area contributed by atoms with Gasteiger partial charge in [0.25, 0.3) is 0 Å². The van der Waals surface area contributed by atoms with Crippen molar-refractivity contribution in [2.24, 2.45) is 11.1 Å². The molecular formula is C14H26N2O3. The third-order valence-corrected chi connectivity index (χ3v) is 2.71. The first-order valence-corrected chi connectivity index (χ1v) is 6.94. The number of hydrogen-bond acceptors (Lipinski definition) is 4. The molecule has 0 aromatic heterocycles. The van der Waals surface area contributed by atoms with Gasteiger partial charge in [0.2, 0.25) is 0 Å². The molecule has 1 fully saturated rings. The largest absolute Gasteiger partial charge is 0.444 e. The van der Waals surface area contributed by atoms with Gasteiger partial charge in [-0.25, -0.2) is 4.79 Å². The van der Waals surface area contributed by atoms with Gasteiger partial charge >= 0.3 is 6.09 Å². The quantitative estimate of drug-likeness (QED) is 0.583. The Morgan fingerprint density at radius 1 is 1.47 bits per heavy atom. The molecule has 0 bridgehead atoms. The first-order chi connectivity index (χ1) is 8.79. The molecule has 110 valence electrons. The van der Waals surface area contributed by atoms with Crippen LogP contribution in [-0.2, 0) is 9.57 Å². The maximum absolute atomic E-state index is 12.0. The molecule has 1 aliphatic rings. The van der Waals surface area contributed by atoms with Gasteiger partial charge in [0.15, 0.2) is 0 Å². The lowest BCUT2D eigenvalue weighted by molar-refractivity contribution is 0.0112. The number of carbonyl (C=O) groups is 1. The monoisotopic (exact) mass is 270 g/mol. The number of amides is 1. The van der Waals surface area contributed by atoms with Crippen LogP contribution in [0.1, 0.15) is 47.5 Å². The molecule has 1 aliphatic heterocycles. The van der Waals surface area contributed by atoms with E-state index in [4.69, 9.17) is 9.57 Å². The zero-order chi connectivity index (χ0) is 14.5. The molecule has 1 rings (SSSR count). The predicted octanol–water partition coefficient (Wildman–Crippen LogP) is 3.04. The lowest BCUT2D eigenvalue weighted by Crippen LogP contribution is -2.41. The van der Waals surface area contributed by atoms with Gasteiger partial charge in [-0.2, -0.15) is 0 Å². The minimum Gasteiger partial charge on any atom is -0.444 e. The van der Waals surface area contributed by atoms with Crippen molar-refractivity contribution in [3.8, 4) is 0 Å². The Bertz CT molecular complexity index is 321. The Labute approximate surface area is 115 Å². The molecule has 1 atom stereocenters. The summed E-state index contributed by atoms with van der Waals surface area (Å²) in [5.41, 5.74) is -0.457. The highest BCUT2D eigenvalue weighted by atomic mass is 16.6. The van der Waals surface area contributed by atoms with E-state index in [0.29, 0.717) is 12.5 Å². The zero-order valence-electron chi connectivity index (χ0n) is 12.7. The summed E-state index contributed by atoms with van der Waals surface area (Å²) in [7, 11) is 0. The Kier molecular flexibility index (Phi) is 5.63. The molecule has 5 nitrogen and oxygen atoms in total. The summed E-state index contributed by atoms with van der Waals surface area (Å²) in [5, 5.41) is 3.90. The lowest BCUT2D eigenvalue weighted by atomic mass is 10.2. The second-order valence-electron chi connectivity index (χ2n) is 6.26. The van der Waals surface area contributed by atoms with Crippen LogP contribution in [0.25, 0.3) is 0 Å². The molecule has 19 heavy (non-hydrogen) atoms. The molecule has 0 aromatic rings. The molecule has 1 amide bonds. The average Bonchev–Trinajstić information content (AvgIpc) is 2.69. The van der Waals surface area contributed by atoms with Crippen LogP contribution >= 0.6 is 0 Å². The first kappa shape index (κ1) is 15.8. The summed E-state index contributed by atoms with van der Waals surface area (Å²) >= 11 is 0. The highest BCUT2D eigenvalue weighted by molar-refractivity contribution is 5.69. The standard InChI is InChI=1S/C14H26N2O3/c1-11(2)9-15-18-10-12-7-6-8-16(12)13(17)19-14(3,4)5/h9,11-12H,6-8,10H2,1-5H3/b15-9+/t12-/m0/s1. The normalized spacial score (nSPS) is 20.3. The van der Waals surface area contributed by atoms with Gasteiger partial charge in [-0.15, -0.1) is 0 Å². The van der Waals surface area contributed by atoms with Crippen LogP contribution in [0.3, 0.4) is 0 Å². The molecule has 0 saturated carbocycles. The third kappa shape index (κ3) is 5.94. The van der Waals surface area contributed by atoms with E-state index in [-0.39, 0.29) is 12.1 Å². The van der Waals surface area contributed by atoms with Crippen LogP contribution < -0.4 is 0 Å². The van der Waals surface area contributed by atoms with Crippen molar-refractivity contribution >= 4 is 12.3 Å². The van der Waals surface area contributed by atoms with Crippen molar-refractivity contribution in [3.05, 3.63) is 0 Å². The van der Waals surface area contributed by atoms with Crippen molar-refractivity contribution in [2.75, 3.05) is 13.2 Å². The summed E-state index contributed by atoms with van der Waals surface area (Å²) in [6.07, 6.45) is 3.43. The molecule has 5 heteroatoms. The van der Waals surface area contributed by atoms with E-state index in [1.54, 1.807) is 11.1 Å². The SMILES string of the molecule is CC(C)/C=N/OC[C@@H]1CCCN1C(=O)OC(C)(C)C. The van der Waals surface area contributed by atoms with Crippen molar-refractivity contribution in [1.82, 2.24) is 4.90 Å².